The zero-order valence-electron chi connectivity index (χ0n) is 14.6. The van der Waals surface area contributed by atoms with Gasteiger partial charge in [0.1, 0.15) is 24.2 Å². The van der Waals surface area contributed by atoms with E-state index in [1.54, 1.807) is 20.2 Å². The van der Waals surface area contributed by atoms with Crippen molar-refractivity contribution in [2.75, 3.05) is 7.11 Å². The molecule has 26 heavy (non-hydrogen) atoms. The first-order valence-corrected chi connectivity index (χ1v) is 8.38. The molecule has 0 bridgehead atoms. The lowest BCUT2D eigenvalue weighted by Gasteiger charge is -2.08. The molecule has 2 aromatic carbocycles. The minimum absolute atomic E-state index is 0.394. The van der Waals surface area contributed by atoms with Crippen molar-refractivity contribution in [3.05, 3.63) is 66.4 Å². The van der Waals surface area contributed by atoms with Crippen LogP contribution in [0.25, 0.3) is 22.4 Å². The Bertz CT molecular complexity index is 1050. The zero-order valence-corrected chi connectivity index (χ0v) is 14.6. The molecule has 2 heterocycles. The highest BCUT2D eigenvalue weighted by Gasteiger charge is 2.17. The number of rotatable bonds is 5. The van der Waals surface area contributed by atoms with E-state index in [9.17, 15) is 5.11 Å². The molecule has 1 atom stereocenters. The van der Waals surface area contributed by atoms with Crippen LogP contribution in [0.5, 0.6) is 5.75 Å². The van der Waals surface area contributed by atoms with E-state index in [0.717, 1.165) is 22.3 Å². The quantitative estimate of drug-likeness (QED) is 0.593. The van der Waals surface area contributed by atoms with E-state index in [4.69, 9.17) is 9.15 Å². The molecule has 2 aromatic heterocycles. The molecule has 0 aliphatic heterocycles. The van der Waals surface area contributed by atoms with E-state index in [1.807, 2.05) is 53.1 Å². The van der Waals surface area contributed by atoms with Gasteiger partial charge in [0.15, 0.2) is 5.76 Å². The van der Waals surface area contributed by atoms with Gasteiger partial charge in [-0.15, -0.1) is 0 Å². The minimum Gasteiger partial charge on any atom is -0.497 e. The smallest absolute Gasteiger partial charge is 0.214 e. The van der Waals surface area contributed by atoms with Crippen molar-refractivity contribution in [2.24, 2.45) is 0 Å². The molecule has 0 radical (unpaired) electrons. The number of aromatic nitrogens is 3. The van der Waals surface area contributed by atoms with Crippen LogP contribution in [0.3, 0.4) is 0 Å². The van der Waals surface area contributed by atoms with Crippen LogP contribution in [-0.4, -0.2) is 26.8 Å². The largest absolute Gasteiger partial charge is 0.497 e. The first-order valence-electron chi connectivity index (χ1n) is 8.38. The highest BCUT2D eigenvalue weighted by atomic mass is 16.5. The number of nitrogens with zero attached hydrogens (tertiary/aromatic N) is 3. The van der Waals surface area contributed by atoms with E-state index in [1.165, 1.54) is 0 Å². The fourth-order valence-electron chi connectivity index (χ4n) is 3.01. The molecule has 4 aromatic rings. The van der Waals surface area contributed by atoms with Crippen molar-refractivity contribution in [2.45, 2.75) is 19.6 Å². The molecule has 0 saturated heterocycles. The lowest BCUT2D eigenvalue weighted by atomic mass is 10.2. The Hall–Kier alpha value is -3.12. The standard InChI is InChI=1S/C20H19N3O3/c1-13(24)20-22-16-8-3-4-9-17(16)23(20)12-19-21-11-18(26-19)14-6-5-7-15(10-14)25-2/h3-11,13,24H,12H2,1-2H3/t13-/m0/s1. The second kappa shape index (κ2) is 6.65. The highest BCUT2D eigenvalue weighted by Crippen LogP contribution is 2.26. The predicted octanol–water partition coefficient (Wildman–Crippen LogP) is 3.80. The Morgan fingerprint density at radius 2 is 2.04 bits per heavy atom. The lowest BCUT2D eigenvalue weighted by Crippen LogP contribution is -2.08. The normalized spacial score (nSPS) is 12.4. The van der Waals surface area contributed by atoms with Gasteiger partial charge in [0, 0.05) is 5.56 Å². The highest BCUT2D eigenvalue weighted by molar-refractivity contribution is 5.76. The number of fused-ring (bicyclic) bond motifs is 1. The third kappa shape index (κ3) is 2.95. The summed E-state index contributed by atoms with van der Waals surface area (Å²) in [5.74, 6) is 2.57. The number of methoxy groups -OCH3 is 1. The van der Waals surface area contributed by atoms with Crippen LogP contribution in [-0.2, 0) is 6.54 Å². The number of benzene rings is 2. The summed E-state index contributed by atoms with van der Waals surface area (Å²) in [6, 6.07) is 15.4. The summed E-state index contributed by atoms with van der Waals surface area (Å²) in [4.78, 5) is 8.92. The molecule has 0 aliphatic rings. The number of aliphatic hydroxyl groups excluding tert-OH is 1. The van der Waals surface area contributed by atoms with Crippen molar-refractivity contribution >= 4 is 11.0 Å². The maximum Gasteiger partial charge on any atom is 0.214 e. The average molecular weight is 349 g/mol. The number of oxazole rings is 1. The van der Waals surface area contributed by atoms with Gasteiger partial charge < -0.3 is 18.8 Å². The number of hydrogen-bond donors (Lipinski definition) is 1. The second-order valence-electron chi connectivity index (χ2n) is 6.07. The van der Waals surface area contributed by atoms with Crippen molar-refractivity contribution < 1.29 is 14.3 Å². The van der Waals surface area contributed by atoms with E-state index in [2.05, 4.69) is 9.97 Å². The van der Waals surface area contributed by atoms with Gasteiger partial charge in [0.05, 0.1) is 24.3 Å². The molecular weight excluding hydrogens is 330 g/mol. The zero-order chi connectivity index (χ0) is 18.1. The molecule has 1 N–H and O–H groups in total. The molecule has 0 saturated carbocycles. The first-order chi connectivity index (χ1) is 12.7. The minimum atomic E-state index is -0.685. The number of ether oxygens (including phenoxy) is 1. The molecule has 6 nitrogen and oxygen atoms in total. The van der Waals surface area contributed by atoms with Crippen molar-refractivity contribution in [1.82, 2.24) is 14.5 Å². The molecule has 4 rings (SSSR count). The monoisotopic (exact) mass is 349 g/mol. The summed E-state index contributed by atoms with van der Waals surface area (Å²) < 4.78 is 13.1. The molecular formula is C20H19N3O3. The van der Waals surface area contributed by atoms with Gasteiger partial charge in [-0.25, -0.2) is 9.97 Å². The van der Waals surface area contributed by atoms with Crippen molar-refractivity contribution in [3.8, 4) is 17.1 Å². The third-order valence-electron chi connectivity index (χ3n) is 4.26. The fourth-order valence-corrected chi connectivity index (χ4v) is 3.01. The summed E-state index contributed by atoms with van der Waals surface area (Å²) in [5, 5.41) is 10.1. The van der Waals surface area contributed by atoms with Gasteiger partial charge in [-0.3, -0.25) is 0 Å². The van der Waals surface area contributed by atoms with Gasteiger partial charge in [0.25, 0.3) is 0 Å². The summed E-state index contributed by atoms with van der Waals surface area (Å²) in [5.41, 5.74) is 2.67. The summed E-state index contributed by atoms with van der Waals surface area (Å²) >= 11 is 0. The van der Waals surface area contributed by atoms with Gasteiger partial charge in [0.2, 0.25) is 5.89 Å². The van der Waals surface area contributed by atoms with Gasteiger partial charge in [-0.1, -0.05) is 24.3 Å². The molecule has 0 fully saturated rings. The molecule has 132 valence electrons. The van der Waals surface area contributed by atoms with E-state index in [0.29, 0.717) is 24.0 Å². The van der Waals surface area contributed by atoms with Gasteiger partial charge >= 0.3 is 0 Å². The number of para-hydroxylation sites is 2. The van der Waals surface area contributed by atoms with E-state index < -0.39 is 6.10 Å². The Labute approximate surface area is 150 Å². The van der Waals surface area contributed by atoms with Crippen LogP contribution in [0, 0.1) is 0 Å². The fraction of sp³-hybridized carbons (Fsp3) is 0.200. The maximum atomic E-state index is 10.1. The van der Waals surface area contributed by atoms with Crippen molar-refractivity contribution in [3.63, 3.8) is 0 Å². The summed E-state index contributed by atoms with van der Waals surface area (Å²) in [6.45, 7) is 2.10. The van der Waals surface area contributed by atoms with Crippen LogP contribution in [0.1, 0.15) is 24.7 Å². The van der Waals surface area contributed by atoms with Crippen LogP contribution in [0.15, 0.2) is 59.1 Å². The summed E-state index contributed by atoms with van der Waals surface area (Å²) in [7, 11) is 1.63. The third-order valence-corrected chi connectivity index (χ3v) is 4.26. The predicted molar refractivity (Wildman–Crippen MR) is 98.0 cm³/mol. The van der Waals surface area contributed by atoms with Crippen LogP contribution >= 0.6 is 0 Å². The molecule has 0 spiro atoms. The number of imidazole rings is 1. The SMILES string of the molecule is COc1cccc(-c2cnc(Cn3c([C@H](C)O)nc4ccccc43)o2)c1. The van der Waals surface area contributed by atoms with Crippen molar-refractivity contribution in [1.29, 1.82) is 0 Å². The van der Waals surface area contributed by atoms with Gasteiger partial charge in [-0.2, -0.15) is 0 Å². The van der Waals surface area contributed by atoms with E-state index >= 15 is 0 Å². The second-order valence-corrected chi connectivity index (χ2v) is 6.07. The Kier molecular flexibility index (Phi) is 4.18. The summed E-state index contributed by atoms with van der Waals surface area (Å²) in [6.07, 6.45) is 1.01. The maximum absolute atomic E-state index is 10.1. The van der Waals surface area contributed by atoms with Crippen LogP contribution in [0.4, 0.5) is 0 Å². The molecule has 6 heteroatoms. The Morgan fingerprint density at radius 1 is 1.19 bits per heavy atom. The van der Waals surface area contributed by atoms with Crippen LogP contribution in [0.2, 0.25) is 0 Å². The number of hydrogen-bond acceptors (Lipinski definition) is 5. The molecule has 0 aliphatic carbocycles. The Morgan fingerprint density at radius 3 is 2.85 bits per heavy atom. The molecule has 0 unspecified atom stereocenters. The average Bonchev–Trinajstić information content (AvgIpc) is 3.27. The lowest BCUT2D eigenvalue weighted by molar-refractivity contribution is 0.184. The Balaban J connectivity index is 1.69. The number of aliphatic hydroxyl groups is 1. The van der Waals surface area contributed by atoms with Crippen LogP contribution < -0.4 is 4.74 Å². The molecule has 0 amide bonds. The van der Waals surface area contributed by atoms with Gasteiger partial charge in [-0.05, 0) is 31.2 Å². The first kappa shape index (κ1) is 16.4. The van der Waals surface area contributed by atoms with E-state index in [-0.39, 0.29) is 0 Å². The topological polar surface area (TPSA) is 73.3 Å².